The Morgan fingerprint density at radius 2 is 2.16 bits per heavy atom. The molecule has 3 rings (SSSR count). The molecule has 31 heavy (non-hydrogen) atoms. The molecule has 1 atom stereocenters. The van der Waals surface area contributed by atoms with Crippen molar-refractivity contribution in [3.05, 3.63) is 78.2 Å². The second-order valence-electron chi connectivity index (χ2n) is 7.28. The maximum atomic E-state index is 14.1. The smallest absolute Gasteiger partial charge is 0.276 e. The molecular weight excluding hydrogens is 395 g/mol. The first-order chi connectivity index (χ1) is 14.9. The number of benzene rings is 1. The first-order valence-corrected chi connectivity index (χ1v) is 10.1. The van der Waals surface area contributed by atoms with Gasteiger partial charge in [0, 0.05) is 19.1 Å². The molecule has 0 unspecified atom stereocenters. The van der Waals surface area contributed by atoms with Gasteiger partial charge < -0.3 is 21.7 Å². The van der Waals surface area contributed by atoms with Crippen LogP contribution < -0.4 is 16.8 Å². The average Bonchev–Trinajstić information content (AvgIpc) is 2.77. The molecule has 1 aromatic heterocycles. The molecule has 1 amide bonds. The van der Waals surface area contributed by atoms with Crippen LogP contribution in [0.2, 0.25) is 0 Å². The van der Waals surface area contributed by atoms with Crippen LogP contribution in [0, 0.1) is 5.82 Å². The quantitative estimate of drug-likeness (QED) is 0.618. The molecule has 1 aliphatic rings. The van der Waals surface area contributed by atoms with Gasteiger partial charge in [-0.1, -0.05) is 24.8 Å². The molecular formula is C23H27FN6O. The summed E-state index contributed by atoms with van der Waals surface area (Å²) in [6.45, 7) is 7.25. The number of anilines is 1. The van der Waals surface area contributed by atoms with Gasteiger partial charge >= 0.3 is 0 Å². The molecule has 7 nitrogen and oxygen atoms in total. The number of rotatable bonds is 6. The number of aromatic nitrogens is 2. The monoisotopic (exact) mass is 422 g/mol. The molecule has 5 N–H and O–H groups in total. The highest BCUT2D eigenvalue weighted by molar-refractivity contribution is 5.98. The maximum absolute atomic E-state index is 14.1. The number of nitrogens with one attached hydrogen (secondary N) is 1. The van der Waals surface area contributed by atoms with Crippen molar-refractivity contribution in [2.45, 2.75) is 25.8 Å². The molecule has 1 aromatic carbocycles. The number of piperidine rings is 1. The average molecular weight is 423 g/mol. The van der Waals surface area contributed by atoms with Crippen molar-refractivity contribution in [3.63, 3.8) is 0 Å². The van der Waals surface area contributed by atoms with Gasteiger partial charge in [-0.25, -0.2) is 14.4 Å². The lowest BCUT2D eigenvalue weighted by molar-refractivity contribution is 0.0961. The second kappa shape index (κ2) is 9.99. The van der Waals surface area contributed by atoms with E-state index < -0.39 is 11.7 Å². The molecule has 0 bridgehead atoms. The number of nitrogens with zero attached hydrogens (tertiary/aromatic N) is 3. The fourth-order valence-corrected chi connectivity index (χ4v) is 3.50. The topological polar surface area (TPSA) is 110 Å². The van der Waals surface area contributed by atoms with E-state index in [0.717, 1.165) is 25.1 Å². The summed E-state index contributed by atoms with van der Waals surface area (Å²) in [6, 6.07) is 6.15. The number of carbonyl (C=O) groups is 1. The Hall–Kier alpha value is -3.52. The van der Waals surface area contributed by atoms with Crippen molar-refractivity contribution >= 4 is 11.6 Å². The Balaban J connectivity index is 1.94. The van der Waals surface area contributed by atoms with E-state index in [1.807, 2.05) is 19.1 Å². The Morgan fingerprint density at radius 3 is 2.84 bits per heavy atom. The SMILES string of the molecule is C=C/C(NC(=O)c1nc(-c2ccccc2F)ncc1N)=C(\C=C/C)N1CCC[C@H](N)C1. The summed E-state index contributed by atoms with van der Waals surface area (Å²) in [5.41, 5.74) is 13.7. The number of likely N-dealkylation sites (tertiary alicyclic amines) is 1. The predicted molar refractivity (Wildman–Crippen MR) is 120 cm³/mol. The van der Waals surface area contributed by atoms with Gasteiger partial charge in [-0.2, -0.15) is 0 Å². The lowest BCUT2D eigenvalue weighted by Crippen LogP contribution is -2.43. The summed E-state index contributed by atoms with van der Waals surface area (Å²) in [7, 11) is 0. The molecule has 0 spiro atoms. The zero-order chi connectivity index (χ0) is 22.4. The molecule has 0 saturated carbocycles. The van der Waals surface area contributed by atoms with E-state index >= 15 is 0 Å². The van der Waals surface area contributed by atoms with Crippen molar-refractivity contribution in [2.24, 2.45) is 5.73 Å². The zero-order valence-electron chi connectivity index (χ0n) is 17.5. The number of halogens is 1. The third-order valence-corrected chi connectivity index (χ3v) is 5.00. The van der Waals surface area contributed by atoms with Gasteiger partial charge in [0.05, 0.1) is 28.8 Å². The number of amides is 1. The Morgan fingerprint density at radius 1 is 1.39 bits per heavy atom. The lowest BCUT2D eigenvalue weighted by atomic mass is 10.1. The first-order valence-electron chi connectivity index (χ1n) is 10.1. The highest BCUT2D eigenvalue weighted by atomic mass is 19.1. The molecule has 1 saturated heterocycles. The van der Waals surface area contributed by atoms with Gasteiger partial charge in [-0.3, -0.25) is 4.79 Å². The number of hydrogen-bond acceptors (Lipinski definition) is 6. The maximum Gasteiger partial charge on any atom is 0.276 e. The van der Waals surface area contributed by atoms with Crippen molar-refractivity contribution < 1.29 is 9.18 Å². The van der Waals surface area contributed by atoms with Gasteiger partial charge in [-0.05, 0) is 44.1 Å². The number of hydrogen-bond donors (Lipinski definition) is 3. The van der Waals surface area contributed by atoms with E-state index in [1.165, 1.54) is 12.3 Å². The van der Waals surface area contributed by atoms with Crippen LogP contribution in [0.1, 0.15) is 30.3 Å². The predicted octanol–water partition coefficient (Wildman–Crippen LogP) is 2.99. The fourth-order valence-electron chi connectivity index (χ4n) is 3.50. The molecule has 0 aliphatic carbocycles. The zero-order valence-corrected chi connectivity index (χ0v) is 17.5. The summed E-state index contributed by atoms with van der Waals surface area (Å²) < 4.78 is 14.1. The van der Waals surface area contributed by atoms with Crippen molar-refractivity contribution in [1.82, 2.24) is 20.2 Å². The third-order valence-electron chi connectivity index (χ3n) is 5.00. The van der Waals surface area contributed by atoms with E-state index in [2.05, 4.69) is 26.8 Å². The highest BCUT2D eigenvalue weighted by Crippen LogP contribution is 2.22. The number of nitrogens with two attached hydrogens (primary N) is 2. The van der Waals surface area contributed by atoms with Crippen molar-refractivity contribution in [1.29, 1.82) is 0 Å². The largest absolute Gasteiger partial charge is 0.396 e. The second-order valence-corrected chi connectivity index (χ2v) is 7.28. The lowest BCUT2D eigenvalue weighted by Gasteiger charge is -2.34. The molecule has 2 aromatic rings. The van der Waals surface area contributed by atoms with Crippen LogP contribution in [0.3, 0.4) is 0 Å². The van der Waals surface area contributed by atoms with Crippen molar-refractivity contribution in [3.8, 4) is 11.4 Å². The first kappa shape index (κ1) is 22.2. The highest BCUT2D eigenvalue weighted by Gasteiger charge is 2.22. The summed E-state index contributed by atoms with van der Waals surface area (Å²) in [6.07, 6.45) is 8.60. The van der Waals surface area contributed by atoms with E-state index in [4.69, 9.17) is 11.5 Å². The summed E-state index contributed by atoms with van der Waals surface area (Å²) in [5, 5.41) is 2.84. The minimum Gasteiger partial charge on any atom is -0.396 e. The van der Waals surface area contributed by atoms with Gasteiger partial charge in [0.25, 0.3) is 5.91 Å². The third kappa shape index (κ3) is 5.16. The fraction of sp³-hybridized carbons (Fsp3) is 0.261. The minimum absolute atomic E-state index is 0.0391. The normalized spacial score (nSPS) is 17.4. The van der Waals surface area contributed by atoms with Crippen LogP contribution in [0.4, 0.5) is 10.1 Å². The molecule has 8 heteroatoms. The molecule has 2 heterocycles. The van der Waals surface area contributed by atoms with Gasteiger partial charge in [0.2, 0.25) is 0 Å². The number of nitrogen functional groups attached to an aromatic ring is 1. The Bertz CT molecular complexity index is 1030. The Labute approximate surface area is 181 Å². The molecule has 1 fully saturated rings. The standard InChI is InChI=1S/C23H27FN6O/c1-3-8-20(30-12-7-9-15(25)14-30)19(4-2)28-23(31)21-18(26)13-27-22(29-21)16-10-5-6-11-17(16)24/h3-6,8,10-11,13,15H,2,7,9,12,14,25-26H2,1H3,(H,28,31)/b8-3-,20-19-/t15-/m0/s1. The van der Waals surface area contributed by atoms with Crippen LogP contribution >= 0.6 is 0 Å². The van der Waals surface area contributed by atoms with Gasteiger partial charge in [0.15, 0.2) is 11.5 Å². The molecule has 162 valence electrons. The van der Waals surface area contributed by atoms with E-state index in [9.17, 15) is 9.18 Å². The minimum atomic E-state index is -0.532. The number of carbonyl (C=O) groups excluding carboxylic acids is 1. The van der Waals surface area contributed by atoms with Crippen LogP contribution in [-0.4, -0.2) is 39.9 Å². The van der Waals surface area contributed by atoms with Crippen molar-refractivity contribution in [2.75, 3.05) is 18.8 Å². The van der Waals surface area contributed by atoms with Gasteiger partial charge in [0.1, 0.15) is 5.82 Å². The van der Waals surface area contributed by atoms with E-state index in [1.54, 1.807) is 24.3 Å². The Kier molecular flexibility index (Phi) is 7.15. The van der Waals surface area contributed by atoms with Crippen LogP contribution in [0.25, 0.3) is 11.4 Å². The summed E-state index contributed by atoms with van der Waals surface area (Å²) in [4.78, 5) is 23.5. The van der Waals surface area contributed by atoms with Gasteiger partial charge in [-0.15, -0.1) is 0 Å². The number of allylic oxidation sites excluding steroid dienone is 3. The molecule has 1 aliphatic heterocycles. The van der Waals surface area contributed by atoms with E-state index in [0.29, 0.717) is 12.2 Å². The van der Waals surface area contributed by atoms with Crippen LogP contribution in [0.5, 0.6) is 0 Å². The summed E-state index contributed by atoms with van der Waals surface area (Å²) >= 11 is 0. The molecule has 0 radical (unpaired) electrons. The summed E-state index contributed by atoms with van der Waals surface area (Å²) in [5.74, 6) is -0.935. The van der Waals surface area contributed by atoms with E-state index in [-0.39, 0.29) is 28.8 Å². The van der Waals surface area contributed by atoms with Crippen LogP contribution in [-0.2, 0) is 0 Å². The van der Waals surface area contributed by atoms with Crippen LogP contribution in [0.15, 0.2) is 66.7 Å².